The van der Waals surface area contributed by atoms with Crippen LogP contribution in [0.15, 0.2) is 12.3 Å². The molecule has 2 heterocycles. The Balaban J connectivity index is 2.10. The van der Waals surface area contributed by atoms with E-state index in [1.807, 2.05) is 0 Å². The minimum Gasteiger partial charge on any atom is -0.356 e. The van der Waals surface area contributed by atoms with Crippen LogP contribution in [-0.2, 0) is 6.54 Å². The lowest BCUT2D eigenvalue weighted by Gasteiger charge is -2.33. The van der Waals surface area contributed by atoms with Crippen molar-refractivity contribution in [3.8, 4) is 0 Å². The standard InChI is InChI=1S/C15H24ClN3/c1-3-12-6-5-7-19(11-12)15-8-13(9-17-4-2)14(16)10-18-15/h8,10,12,17H,3-7,9,11H2,1-2H3. The Kier molecular flexibility index (Phi) is 5.46. The fourth-order valence-electron chi connectivity index (χ4n) is 2.64. The minimum atomic E-state index is 0.758. The molecule has 0 bridgehead atoms. The van der Waals surface area contributed by atoms with Gasteiger partial charge in [0.05, 0.1) is 5.02 Å². The summed E-state index contributed by atoms with van der Waals surface area (Å²) in [5, 5.41) is 4.08. The third kappa shape index (κ3) is 3.83. The summed E-state index contributed by atoms with van der Waals surface area (Å²) >= 11 is 6.21. The lowest BCUT2D eigenvalue weighted by atomic mass is 9.95. The molecular formula is C15H24ClN3. The maximum absolute atomic E-state index is 6.21. The summed E-state index contributed by atoms with van der Waals surface area (Å²) in [6.45, 7) is 8.40. The monoisotopic (exact) mass is 281 g/mol. The Morgan fingerprint density at radius 1 is 1.47 bits per heavy atom. The van der Waals surface area contributed by atoms with Gasteiger partial charge in [0.1, 0.15) is 5.82 Å². The molecule has 2 rings (SSSR count). The van der Waals surface area contributed by atoms with Gasteiger partial charge in [0.2, 0.25) is 0 Å². The second kappa shape index (κ2) is 7.11. The molecule has 1 aromatic rings. The average molecular weight is 282 g/mol. The molecule has 0 aromatic carbocycles. The van der Waals surface area contributed by atoms with E-state index in [-0.39, 0.29) is 0 Å². The van der Waals surface area contributed by atoms with E-state index in [9.17, 15) is 0 Å². The maximum atomic E-state index is 6.21. The van der Waals surface area contributed by atoms with Gasteiger partial charge in [-0.25, -0.2) is 4.98 Å². The second-order valence-electron chi connectivity index (χ2n) is 5.28. The predicted octanol–water partition coefficient (Wildman–Crippen LogP) is 3.47. The predicted molar refractivity (Wildman–Crippen MR) is 81.9 cm³/mol. The first-order chi connectivity index (χ1) is 9.24. The molecule has 19 heavy (non-hydrogen) atoms. The Bertz CT molecular complexity index is 408. The summed E-state index contributed by atoms with van der Waals surface area (Å²) in [6.07, 6.45) is 5.67. The van der Waals surface area contributed by atoms with Crippen LogP contribution in [0.3, 0.4) is 0 Å². The number of anilines is 1. The van der Waals surface area contributed by atoms with Crippen molar-refractivity contribution in [3.05, 3.63) is 22.8 Å². The highest BCUT2D eigenvalue weighted by molar-refractivity contribution is 6.31. The number of halogens is 1. The van der Waals surface area contributed by atoms with Gasteiger partial charge in [-0.15, -0.1) is 0 Å². The van der Waals surface area contributed by atoms with E-state index in [1.54, 1.807) is 6.20 Å². The molecule has 1 unspecified atom stereocenters. The number of aromatic nitrogens is 1. The van der Waals surface area contributed by atoms with Crippen LogP contribution < -0.4 is 10.2 Å². The molecule has 0 radical (unpaired) electrons. The largest absolute Gasteiger partial charge is 0.356 e. The van der Waals surface area contributed by atoms with Crippen molar-refractivity contribution in [1.82, 2.24) is 10.3 Å². The van der Waals surface area contributed by atoms with Crippen LogP contribution in [0, 0.1) is 5.92 Å². The van der Waals surface area contributed by atoms with Crippen molar-refractivity contribution in [2.24, 2.45) is 5.92 Å². The van der Waals surface area contributed by atoms with Gasteiger partial charge >= 0.3 is 0 Å². The molecule has 0 amide bonds. The second-order valence-corrected chi connectivity index (χ2v) is 5.68. The fourth-order valence-corrected chi connectivity index (χ4v) is 2.81. The molecule has 1 saturated heterocycles. The molecule has 0 spiro atoms. The van der Waals surface area contributed by atoms with E-state index in [2.05, 4.69) is 35.1 Å². The number of nitrogens with one attached hydrogen (secondary N) is 1. The highest BCUT2D eigenvalue weighted by atomic mass is 35.5. The zero-order valence-electron chi connectivity index (χ0n) is 12.0. The van der Waals surface area contributed by atoms with Crippen molar-refractivity contribution in [2.75, 3.05) is 24.5 Å². The summed E-state index contributed by atoms with van der Waals surface area (Å²) in [7, 11) is 0. The van der Waals surface area contributed by atoms with Crippen molar-refractivity contribution < 1.29 is 0 Å². The van der Waals surface area contributed by atoms with Crippen molar-refractivity contribution >= 4 is 17.4 Å². The van der Waals surface area contributed by atoms with Crippen molar-refractivity contribution in [2.45, 2.75) is 39.7 Å². The molecule has 3 nitrogen and oxygen atoms in total. The molecule has 106 valence electrons. The molecule has 1 aromatic heterocycles. The molecular weight excluding hydrogens is 258 g/mol. The first kappa shape index (κ1) is 14.6. The van der Waals surface area contributed by atoms with Crippen LogP contribution in [0.5, 0.6) is 0 Å². The lowest BCUT2D eigenvalue weighted by Crippen LogP contribution is -2.35. The van der Waals surface area contributed by atoms with Gasteiger partial charge in [0, 0.05) is 25.8 Å². The van der Waals surface area contributed by atoms with Gasteiger partial charge in [0.25, 0.3) is 0 Å². The highest BCUT2D eigenvalue weighted by Crippen LogP contribution is 2.26. The molecule has 1 N–H and O–H groups in total. The molecule has 0 saturated carbocycles. The molecule has 1 aliphatic heterocycles. The first-order valence-corrected chi connectivity index (χ1v) is 7.72. The zero-order chi connectivity index (χ0) is 13.7. The van der Waals surface area contributed by atoms with Crippen LogP contribution in [0.2, 0.25) is 5.02 Å². The number of hydrogen-bond donors (Lipinski definition) is 1. The molecule has 0 aliphatic carbocycles. The summed E-state index contributed by atoms with van der Waals surface area (Å²) < 4.78 is 0. The SMILES string of the molecule is CCNCc1cc(N2CCCC(CC)C2)ncc1Cl. The first-order valence-electron chi connectivity index (χ1n) is 7.34. The van der Waals surface area contributed by atoms with Crippen LogP contribution in [-0.4, -0.2) is 24.6 Å². The molecule has 1 atom stereocenters. The number of nitrogens with zero attached hydrogens (tertiary/aromatic N) is 2. The third-order valence-corrected chi connectivity index (χ3v) is 4.25. The van der Waals surface area contributed by atoms with Crippen LogP contribution in [0.1, 0.15) is 38.7 Å². The van der Waals surface area contributed by atoms with Gasteiger partial charge in [0.15, 0.2) is 0 Å². The molecule has 1 aliphatic rings. The highest BCUT2D eigenvalue weighted by Gasteiger charge is 2.20. The van der Waals surface area contributed by atoms with Crippen molar-refractivity contribution in [1.29, 1.82) is 0 Å². The number of rotatable bonds is 5. The van der Waals surface area contributed by atoms with E-state index in [1.165, 1.54) is 19.3 Å². The van der Waals surface area contributed by atoms with Gasteiger partial charge < -0.3 is 10.2 Å². The van der Waals surface area contributed by atoms with Gasteiger partial charge in [-0.2, -0.15) is 0 Å². The smallest absolute Gasteiger partial charge is 0.128 e. The van der Waals surface area contributed by atoms with Gasteiger partial charge in [-0.3, -0.25) is 0 Å². The fraction of sp³-hybridized carbons (Fsp3) is 0.667. The number of piperidine rings is 1. The topological polar surface area (TPSA) is 28.2 Å². The van der Waals surface area contributed by atoms with E-state index >= 15 is 0 Å². The Morgan fingerprint density at radius 3 is 3.05 bits per heavy atom. The Labute approximate surface area is 121 Å². The van der Waals surface area contributed by atoms with E-state index in [4.69, 9.17) is 11.6 Å². The zero-order valence-corrected chi connectivity index (χ0v) is 12.7. The number of hydrogen-bond acceptors (Lipinski definition) is 3. The summed E-state index contributed by atoms with van der Waals surface area (Å²) in [4.78, 5) is 6.91. The lowest BCUT2D eigenvalue weighted by molar-refractivity contribution is 0.403. The Hall–Kier alpha value is -0.800. The van der Waals surface area contributed by atoms with Crippen LogP contribution in [0.4, 0.5) is 5.82 Å². The molecule has 1 fully saturated rings. The van der Waals surface area contributed by atoms with Crippen LogP contribution >= 0.6 is 11.6 Å². The van der Waals surface area contributed by atoms with Crippen LogP contribution in [0.25, 0.3) is 0 Å². The summed E-state index contributed by atoms with van der Waals surface area (Å²) in [5.41, 5.74) is 1.15. The maximum Gasteiger partial charge on any atom is 0.128 e. The van der Waals surface area contributed by atoms with E-state index in [0.717, 1.165) is 48.5 Å². The minimum absolute atomic E-state index is 0.758. The number of pyridine rings is 1. The van der Waals surface area contributed by atoms with Gasteiger partial charge in [-0.1, -0.05) is 31.9 Å². The Morgan fingerprint density at radius 2 is 2.32 bits per heavy atom. The van der Waals surface area contributed by atoms with E-state index < -0.39 is 0 Å². The normalized spacial score (nSPS) is 19.7. The summed E-state index contributed by atoms with van der Waals surface area (Å²) in [5.74, 6) is 1.89. The average Bonchev–Trinajstić information content (AvgIpc) is 2.46. The molecule has 4 heteroatoms. The summed E-state index contributed by atoms with van der Waals surface area (Å²) in [6, 6.07) is 2.14. The van der Waals surface area contributed by atoms with E-state index in [0.29, 0.717) is 0 Å². The third-order valence-electron chi connectivity index (χ3n) is 3.91. The van der Waals surface area contributed by atoms with Gasteiger partial charge in [-0.05, 0) is 36.9 Å². The quantitative estimate of drug-likeness (QED) is 0.896. The van der Waals surface area contributed by atoms with Crippen molar-refractivity contribution in [3.63, 3.8) is 0 Å².